The normalized spacial score (nSPS) is 13.8. The van der Waals surface area contributed by atoms with Crippen LogP contribution in [0.4, 0.5) is 4.79 Å². The Kier molecular flexibility index (Phi) is 5.65. The lowest BCUT2D eigenvalue weighted by Crippen LogP contribution is -2.42. The first kappa shape index (κ1) is 14.2. The van der Waals surface area contributed by atoms with Gasteiger partial charge in [-0.3, -0.25) is 0 Å². The van der Waals surface area contributed by atoms with Gasteiger partial charge in [-0.05, 0) is 33.1 Å². The molecule has 0 aliphatic heterocycles. The Bertz CT molecular complexity index is 196. The molecule has 0 radical (unpaired) electrons. The van der Waals surface area contributed by atoms with Gasteiger partial charge >= 0.3 is 6.09 Å². The largest absolute Gasteiger partial charge is 0.444 e. The van der Waals surface area contributed by atoms with Gasteiger partial charge in [-0.2, -0.15) is 0 Å². The summed E-state index contributed by atoms with van der Waals surface area (Å²) >= 11 is 0. The molecule has 0 aromatic rings. The smallest absolute Gasteiger partial charge is 0.407 e. The van der Waals surface area contributed by atoms with Crippen molar-refractivity contribution in [1.82, 2.24) is 5.32 Å². The number of amides is 1. The Hall–Kier alpha value is -0.770. The van der Waals surface area contributed by atoms with Crippen LogP contribution in [0.3, 0.4) is 0 Å². The molecule has 0 aliphatic rings. The summed E-state index contributed by atoms with van der Waals surface area (Å²) in [6.45, 7) is 9.55. The molecule has 0 aromatic carbocycles. The van der Waals surface area contributed by atoms with Crippen LogP contribution in [0.25, 0.3) is 0 Å². The van der Waals surface area contributed by atoms with Gasteiger partial charge in [0.05, 0.1) is 6.61 Å². The van der Waals surface area contributed by atoms with Crippen molar-refractivity contribution in [3.05, 3.63) is 0 Å². The SMILES string of the molecule is CC(C)C[C@@H](CO)OC(=O)NC(C)(C)C. The van der Waals surface area contributed by atoms with Crippen molar-refractivity contribution in [2.24, 2.45) is 5.92 Å². The van der Waals surface area contributed by atoms with Crippen molar-refractivity contribution in [2.75, 3.05) is 6.61 Å². The molecule has 0 saturated carbocycles. The second kappa shape index (κ2) is 5.95. The second-order valence-electron chi connectivity index (χ2n) is 5.21. The third-order valence-electron chi connectivity index (χ3n) is 1.69. The molecule has 0 aliphatic carbocycles. The van der Waals surface area contributed by atoms with Crippen molar-refractivity contribution in [2.45, 2.75) is 52.7 Å². The minimum absolute atomic E-state index is 0.129. The van der Waals surface area contributed by atoms with Crippen molar-refractivity contribution in [3.63, 3.8) is 0 Å². The highest BCUT2D eigenvalue weighted by Gasteiger charge is 2.19. The van der Waals surface area contributed by atoms with Crippen LogP contribution in [0.15, 0.2) is 0 Å². The number of hydrogen-bond acceptors (Lipinski definition) is 3. The summed E-state index contributed by atoms with van der Waals surface area (Å²) < 4.78 is 5.09. The molecule has 1 amide bonds. The molecule has 90 valence electrons. The Morgan fingerprint density at radius 2 is 1.93 bits per heavy atom. The fourth-order valence-corrected chi connectivity index (χ4v) is 1.17. The zero-order chi connectivity index (χ0) is 12.1. The molecule has 0 unspecified atom stereocenters. The quantitative estimate of drug-likeness (QED) is 0.756. The monoisotopic (exact) mass is 217 g/mol. The number of rotatable bonds is 4. The minimum Gasteiger partial charge on any atom is -0.444 e. The molecule has 1 atom stereocenters. The number of hydrogen-bond donors (Lipinski definition) is 2. The van der Waals surface area contributed by atoms with Gasteiger partial charge in [-0.25, -0.2) is 4.79 Å². The van der Waals surface area contributed by atoms with E-state index in [4.69, 9.17) is 9.84 Å². The first-order valence-corrected chi connectivity index (χ1v) is 5.34. The van der Waals surface area contributed by atoms with E-state index in [0.29, 0.717) is 12.3 Å². The first-order valence-electron chi connectivity index (χ1n) is 5.34. The molecular weight excluding hydrogens is 194 g/mol. The highest BCUT2D eigenvalue weighted by atomic mass is 16.6. The number of alkyl carbamates (subject to hydrolysis) is 1. The van der Waals surface area contributed by atoms with Crippen LogP contribution < -0.4 is 5.32 Å². The maximum atomic E-state index is 11.4. The van der Waals surface area contributed by atoms with Crippen LogP contribution in [0, 0.1) is 5.92 Å². The van der Waals surface area contributed by atoms with Gasteiger partial charge in [0.25, 0.3) is 0 Å². The summed E-state index contributed by atoms with van der Waals surface area (Å²) in [7, 11) is 0. The summed E-state index contributed by atoms with van der Waals surface area (Å²) in [4.78, 5) is 11.4. The molecule has 15 heavy (non-hydrogen) atoms. The third-order valence-corrected chi connectivity index (χ3v) is 1.69. The molecular formula is C11H23NO3. The Balaban J connectivity index is 4.02. The van der Waals surface area contributed by atoms with Crippen molar-refractivity contribution in [3.8, 4) is 0 Å². The molecule has 0 aromatic heterocycles. The van der Waals surface area contributed by atoms with Crippen LogP contribution in [0.1, 0.15) is 41.0 Å². The predicted molar refractivity (Wildman–Crippen MR) is 59.7 cm³/mol. The lowest BCUT2D eigenvalue weighted by molar-refractivity contribution is 0.0422. The van der Waals surface area contributed by atoms with Gasteiger partial charge in [-0.1, -0.05) is 13.8 Å². The Morgan fingerprint density at radius 3 is 2.27 bits per heavy atom. The maximum Gasteiger partial charge on any atom is 0.407 e. The lowest BCUT2D eigenvalue weighted by Gasteiger charge is -2.23. The number of carbonyl (C=O) groups is 1. The Labute approximate surface area is 92.0 Å². The number of ether oxygens (including phenoxy) is 1. The van der Waals surface area contributed by atoms with Crippen LogP contribution in [0.5, 0.6) is 0 Å². The number of carbonyl (C=O) groups excluding carboxylic acids is 1. The fraction of sp³-hybridized carbons (Fsp3) is 0.909. The lowest BCUT2D eigenvalue weighted by atomic mass is 10.1. The molecule has 0 bridgehead atoms. The molecule has 4 nitrogen and oxygen atoms in total. The summed E-state index contributed by atoms with van der Waals surface area (Å²) in [5.41, 5.74) is -0.311. The number of aliphatic hydroxyl groups excluding tert-OH is 1. The van der Waals surface area contributed by atoms with Crippen molar-refractivity contribution in [1.29, 1.82) is 0 Å². The van der Waals surface area contributed by atoms with Gasteiger partial charge in [-0.15, -0.1) is 0 Å². The van der Waals surface area contributed by atoms with E-state index >= 15 is 0 Å². The first-order chi connectivity index (χ1) is 6.74. The van der Waals surface area contributed by atoms with Crippen LogP contribution in [-0.4, -0.2) is 29.4 Å². The third kappa shape index (κ3) is 8.24. The summed E-state index contributed by atoms with van der Waals surface area (Å²) in [5, 5.41) is 11.7. The van der Waals surface area contributed by atoms with Crippen LogP contribution >= 0.6 is 0 Å². The number of nitrogens with one attached hydrogen (secondary N) is 1. The summed E-state index contributed by atoms with van der Waals surface area (Å²) in [5.74, 6) is 0.393. The highest BCUT2D eigenvalue weighted by Crippen LogP contribution is 2.09. The van der Waals surface area contributed by atoms with Crippen molar-refractivity contribution < 1.29 is 14.6 Å². The maximum absolute atomic E-state index is 11.4. The fourth-order valence-electron chi connectivity index (χ4n) is 1.17. The van der Waals surface area contributed by atoms with E-state index in [2.05, 4.69) is 5.32 Å². The molecule has 2 N–H and O–H groups in total. The molecule has 0 fully saturated rings. The number of aliphatic hydroxyl groups is 1. The van der Waals surface area contributed by atoms with Gasteiger partial charge < -0.3 is 15.2 Å². The van der Waals surface area contributed by atoms with Gasteiger partial charge in [0.2, 0.25) is 0 Å². The van der Waals surface area contributed by atoms with E-state index in [1.165, 1.54) is 0 Å². The van der Waals surface area contributed by atoms with E-state index in [1.54, 1.807) is 0 Å². The van der Waals surface area contributed by atoms with Crippen LogP contribution in [-0.2, 0) is 4.74 Å². The topological polar surface area (TPSA) is 58.6 Å². The Morgan fingerprint density at radius 1 is 1.40 bits per heavy atom. The van der Waals surface area contributed by atoms with E-state index in [0.717, 1.165) is 0 Å². The molecule has 4 heteroatoms. The van der Waals surface area contributed by atoms with Gasteiger partial charge in [0.15, 0.2) is 0 Å². The minimum atomic E-state index is -0.470. The average Bonchev–Trinajstić information content (AvgIpc) is 1.98. The average molecular weight is 217 g/mol. The standard InChI is InChI=1S/C11H23NO3/c1-8(2)6-9(7-13)15-10(14)12-11(3,4)5/h8-9,13H,6-7H2,1-5H3,(H,12,14)/t9-/m0/s1. The molecule has 0 rings (SSSR count). The zero-order valence-corrected chi connectivity index (χ0v) is 10.3. The highest BCUT2D eigenvalue weighted by molar-refractivity contribution is 5.68. The molecule has 0 heterocycles. The van der Waals surface area contributed by atoms with E-state index < -0.39 is 12.2 Å². The van der Waals surface area contributed by atoms with E-state index in [-0.39, 0.29) is 12.1 Å². The summed E-state index contributed by atoms with van der Waals surface area (Å²) in [6.07, 6.45) is -0.205. The predicted octanol–water partition coefficient (Wildman–Crippen LogP) is 1.92. The second-order valence-corrected chi connectivity index (χ2v) is 5.21. The molecule has 0 spiro atoms. The zero-order valence-electron chi connectivity index (χ0n) is 10.3. The van der Waals surface area contributed by atoms with E-state index in [1.807, 2.05) is 34.6 Å². The van der Waals surface area contributed by atoms with Gasteiger partial charge in [0, 0.05) is 5.54 Å². The van der Waals surface area contributed by atoms with Crippen molar-refractivity contribution >= 4 is 6.09 Å². The van der Waals surface area contributed by atoms with E-state index in [9.17, 15) is 4.79 Å². The molecule has 0 saturated heterocycles. The summed E-state index contributed by atoms with van der Waals surface area (Å²) in [6, 6.07) is 0. The van der Waals surface area contributed by atoms with Crippen LogP contribution in [0.2, 0.25) is 0 Å². The van der Waals surface area contributed by atoms with Gasteiger partial charge in [0.1, 0.15) is 6.10 Å².